The zero-order chi connectivity index (χ0) is 15.2. The van der Waals surface area contributed by atoms with Crippen molar-refractivity contribution in [1.29, 1.82) is 0 Å². The molecule has 0 aliphatic rings. The predicted octanol–water partition coefficient (Wildman–Crippen LogP) is 2.98. The third-order valence-electron chi connectivity index (χ3n) is 2.96. The molecule has 0 fully saturated rings. The highest BCUT2D eigenvalue weighted by molar-refractivity contribution is 5.87. The topological polar surface area (TPSA) is 65.0 Å². The molecule has 0 heterocycles. The van der Waals surface area contributed by atoms with Gasteiger partial charge in [0, 0.05) is 5.56 Å². The van der Waals surface area contributed by atoms with Gasteiger partial charge in [-0.3, -0.25) is 0 Å². The molecule has 5 nitrogen and oxygen atoms in total. The quantitative estimate of drug-likeness (QED) is 0.885. The smallest absolute Gasteiger partial charge is 0.335 e. The highest BCUT2D eigenvalue weighted by atomic mass is 16.5. The lowest BCUT2D eigenvalue weighted by atomic mass is 10.2. The van der Waals surface area contributed by atoms with E-state index in [9.17, 15) is 4.79 Å². The normalized spacial score (nSPS) is 10.0. The van der Waals surface area contributed by atoms with Crippen molar-refractivity contribution in [2.24, 2.45) is 0 Å². The monoisotopic (exact) mass is 288 g/mol. The zero-order valence-electron chi connectivity index (χ0n) is 11.8. The molecule has 0 amide bonds. The van der Waals surface area contributed by atoms with Crippen molar-refractivity contribution in [2.75, 3.05) is 14.2 Å². The van der Waals surface area contributed by atoms with Crippen LogP contribution < -0.4 is 14.2 Å². The molecule has 2 aromatic rings. The summed E-state index contributed by atoms with van der Waals surface area (Å²) < 4.78 is 16.1. The van der Waals surface area contributed by atoms with E-state index >= 15 is 0 Å². The number of hydrogen-bond donors (Lipinski definition) is 1. The van der Waals surface area contributed by atoms with Crippen LogP contribution in [0.3, 0.4) is 0 Å². The number of methoxy groups -OCH3 is 2. The molecule has 0 aromatic heterocycles. The fourth-order valence-electron chi connectivity index (χ4n) is 1.87. The van der Waals surface area contributed by atoms with Crippen molar-refractivity contribution in [1.82, 2.24) is 0 Å². The Morgan fingerprint density at radius 2 is 1.86 bits per heavy atom. The fraction of sp³-hybridized carbons (Fsp3) is 0.188. The van der Waals surface area contributed by atoms with Crippen LogP contribution in [0.2, 0.25) is 0 Å². The van der Waals surface area contributed by atoms with Crippen molar-refractivity contribution in [3.8, 4) is 17.2 Å². The largest absolute Gasteiger partial charge is 0.497 e. The van der Waals surface area contributed by atoms with E-state index in [1.54, 1.807) is 38.5 Å². The molecule has 0 saturated heterocycles. The van der Waals surface area contributed by atoms with Gasteiger partial charge in [0.15, 0.2) is 0 Å². The molecular weight excluding hydrogens is 272 g/mol. The van der Waals surface area contributed by atoms with Gasteiger partial charge in [-0.25, -0.2) is 4.79 Å². The first-order valence-corrected chi connectivity index (χ1v) is 6.31. The maximum absolute atomic E-state index is 10.9. The summed E-state index contributed by atoms with van der Waals surface area (Å²) in [4.78, 5) is 10.9. The van der Waals surface area contributed by atoms with Gasteiger partial charge < -0.3 is 19.3 Å². The molecule has 110 valence electrons. The number of carboxylic acid groups (broad SMARTS) is 1. The lowest BCUT2D eigenvalue weighted by molar-refractivity contribution is 0.0696. The average Bonchev–Trinajstić information content (AvgIpc) is 2.52. The number of aromatic carboxylic acids is 1. The molecule has 0 aliphatic carbocycles. The molecule has 0 aliphatic heterocycles. The first-order chi connectivity index (χ1) is 10.1. The lowest BCUT2D eigenvalue weighted by Crippen LogP contribution is -2.01. The summed E-state index contributed by atoms with van der Waals surface area (Å²) in [5.41, 5.74) is 1.00. The molecule has 2 aromatic carbocycles. The molecule has 0 unspecified atom stereocenters. The standard InChI is InChI=1S/C16H16O5/c1-19-13-6-7-15(20-2)12(9-13)10-21-14-5-3-4-11(8-14)16(17)18/h3-9H,10H2,1-2H3,(H,17,18). The number of carboxylic acids is 1. The van der Waals surface area contributed by atoms with Crippen LogP contribution in [0, 0.1) is 0 Å². The Kier molecular flexibility index (Phi) is 4.66. The van der Waals surface area contributed by atoms with E-state index in [2.05, 4.69) is 0 Å². The zero-order valence-corrected chi connectivity index (χ0v) is 11.8. The van der Waals surface area contributed by atoms with Gasteiger partial charge in [0.2, 0.25) is 0 Å². The van der Waals surface area contributed by atoms with E-state index < -0.39 is 5.97 Å². The average molecular weight is 288 g/mol. The highest BCUT2D eigenvalue weighted by Gasteiger charge is 2.08. The Balaban J connectivity index is 2.15. The van der Waals surface area contributed by atoms with Gasteiger partial charge in [-0.15, -0.1) is 0 Å². The third-order valence-corrected chi connectivity index (χ3v) is 2.96. The van der Waals surface area contributed by atoms with Gasteiger partial charge in [0.1, 0.15) is 23.9 Å². The summed E-state index contributed by atoms with van der Waals surface area (Å²) in [5, 5.41) is 8.95. The maximum Gasteiger partial charge on any atom is 0.335 e. The Labute approximate surface area is 122 Å². The van der Waals surface area contributed by atoms with Crippen LogP contribution >= 0.6 is 0 Å². The van der Waals surface area contributed by atoms with E-state index in [0.29, 0.717) is 17.2 Å². The van der Waals surface area contributed by atoms with E-state index in [1.165, 1.54) is 12.1 Å². The molecule has 5 heteroatoms. The van der Waals surface area contributed by atoms with Crippen LogP contribution in [0.4, 0.5) is 0 Å². The number of rotatable bonds is 6. The van der Waals surface area contributed by atoms with Crippen molar-refractivity contribution < 1.29 is 24.1 Å². The predicted molar refractivity (Wildman–Crippen MR) is 77.3 cm³/mol. The molecule has 21 heavy (non-hydrogen) atoms. The Hall–Kier alpha value is -2.69. The molecule has 0 atom stereocenters. The first-order valence-electron chi connectivity index (χ1n) is 6.31. The number of hydrogen-bond acceptors (Lipinski definition) is 4. The fourth-order valence-corrected chi connectivity index (χ4v) is 1.87. The minimum atomic E-state index is -0.987. The van der Waals surface area contributed by atoms with Gasteiger partial charge in [-0.05, 0) is 36.4 Å². The number of ether oxygens (including phenoxy) is 3. The van der Waals surface area contributed by atoms with Crippen molar-refractivity contribution in [3.63, 3.8) is 0 Å². The van der Waals surface area contributed by atoms with Gasteiger partial charge >= 0.3 is 5.97 Å². The Bertz CT molecular complexity index is 636. The lowest BCUT2D eigenvalue weighted by Gasteiger charge is -2.12. The van der Waals surface area contributed by atoms with Crippen LogP contribution in [0.5, 0.6) is 17.2 Å². The Morgan fingerprint density at radius 3 is 2.52 bits per heavy atom. The molecule has 2 rings (SSSR count). The molecule has 0 radical (unpaired) electrons. The second kappa shape index (κ2) is 6.65. The van der Waals surface area contributed by atoms with Gasteiger partial charge in [-0.1, -0.05) is 6.07 Å². The minimum Gasteiger partial charge on any atom is -0.497 e. The van der Waals surface area contributed by atoms with Crippen LogP contribution in [0.15, 0.2) is 42.5 Å². The van der Waals surface area contributed by atoms with E-state index in [1.807, 2.05) is 6.07 Å². The summed E-state index contributed by atoms with van der Waals surface area (Å²) in [6, 6.07) is 11.8. The van der Waals surface area contributed by atoms with E-state index in [-0.39, 0.29) is 12.2 Å². The molecule has 0 spiro atoms. The summed E-state index contributed by atoms with van der Waals surface area (Å²) in [6.07, 6.45) is 0. The first kappa shape index (κ1) is 14.7. The van der Waals surface area contributed by atoms with Crippen molar-refractivity contribution in [2.45, 2.75) is 6.61 Å². The summed E-state index contributed by atoms with van der Waals surface area (Å²) in [6.45, 7) is 0.253. The molecule has 1 N–H and O–H groups in total. The summed E-state index contributed by atoms with van der Waals surface area (Å²) >= 11 is 0. The number of benzene rings is 2. The minimum absolute atomic E-state index is 0.185. The SMILES string of the molecule is COc1ccc(OC)c(COc2cccc(C(=O)O)c2)c1. The molecule has 0 bridgehead atoms. The molecular formula is C16H16O5. The summed E-state index contributed by atoms with van der Waals surface area (Å²) in [5.74, 6) is 0.887. The maximum atomic E-state index is 10.9. The van der Waals surface area contributed by atoms with Gasteiger partial charge in [0.05, 0.1) is 19.8 Å². The second-order valence-electron chi connectivity index (χ2n) is 4.30. The van der Waals surface area contributed by atoms with Crippen LogP contribution in [0.25, 0.3) is 0 Å². The van der Waals surface area contributed by atoms with Gasteiger partial charge in [-0.2, -0.15) is 0 Å². The van der Waals surface area contributed by atoms with E-state index in [4.69, 9.17) is 19.3 Å². The van der Waals surface area contributed by atoms with Crippen molar-refractivity contribution in [3.05, 3.63) is 53.6 Å². The van der Waals surface area contributed by atoms with Crippen LogP contribution in [-0.2, 0) is 6.61 Å². The second-order valence-corrected chi connectivity index (χ2v) is 4.30. The van der Waals surface area contributed by atoms with Crippen LogP contribution in [0.1, 0.15) is 15.9 Å². The number of carbonyl (C=O) groups is 1. The Morgan fingerprint density at radius 1 is 1.05 bits per heavy atom. The summed E-state index contributed by atoms with van der Waals surface area (Å²) in [7, 11) is 3.17. The van der Waals surface area contributed by atoms with Gasteiger partial charge in [0.25, 0.3) is 0 Å². The third kappa shape index (κ3) is 3.66. The highest BCUT2D eigenvalue weighted by Crippen LogP contribution is 2.25. The van der Waals surface area contributed by atoms with E-state index in [0.717, 1.165) is 5.56 Å². The molecule has 0 saturated carbocycles. The van der Waals surface area contributed by atoms with Crippen molar-refractivity contribution >= 4 is 5.97 Å². The van der Waals surface area contributed by atoms with Crippen LogP contribution in [-0.4, -0.2) is 25.3 Å².